The van der Waals surface area contributed by atoms with Gasteiger partial charge in [0.05, 0.1) is 11.6 Å². The van der Waals surface area contributed by atoms with Crippen molar-refractivity contribution in [2.75, 3.05) is 11.6 Å². The molecule has 3 heteroatoms. The van der Waals surface area contributed by atoms with Gasteiger partial charge < -0.3 is 0 Å². The van der Waals surface area contributed by atoms with Crippen molar-refractivity contribution in [3.63, 3.8) is 0 Å². The van der Waals surface area contributed by atoms with Crippen LogP contribution in [0.4, 0.5) is 5.69 Å². The number of rotatable bonds is 1. The van der Waals surface area contributed by atoms with Gasteiger partial charge in [-0.05, 0) is 12.1 Å². The molecule has 0 aliphatic carbocycles. The van der Waals surface area contributed by atoms with Crippen molar-refractivity contribution >= 4 is 11.6 Å². The third kappa shape index (κ3) is 1.42. The highest BCUT2D eigenvalue weighted by molar-refractivity contribution is 5.95. The molecule has 2 rings (SSSR count). The standard InChI is InChI=1S/C10H12N2O/c1-8-7-11-12(10(8)13)9-5-3-2-4-6-9/h2-6,8,11H,7H2,1H3/t8-/m0/s1. The Kier molecular flexibility index (Phi) is 2.02. The highest BCUT2D eigenvalue weighted by atomic mass is 16.2. The fraction of sp³-hybridized carbons (Fsp3) is 0.300. The molecule has 1 aromatic rings. The van der Waals surface area contributed by atoms with Crippen LogP contribution in [-0.4, -0.2) is 12.5 Å². The van der Waals surface area contributed by atoms with Crippen molar-refractivity contribution in [1.29, 1.82) is 0 Å². The first kappa shape index (κ1) is 8.26. The first-order valence-electron chi connectivity index (χ1n) is 4.41. The van der Waals surface area contributed by atoms with Gasteiger partial charge in [0, 0.05) is 6.54 Å². The fourth-order valence-electron chi connectivity index (χ4n) is 1.41. The number of hydrogen-bond donors (Lipinski definition) is 1. The van der Waals surface area contributed by atoms with Crippen molar-refractivity contribution in [3.8, 4) is 0 Å². The van der Waals surface area contributed by atoms with E-state index in [4.69, 9.17) is 0 Å². The Morgan fingerprint density at radius 2 is 2.08 bits per heavy atom. The molecule has 0 bridgehead atoms. The Morgan fingerprint density at radius 1 is 1.38 bits per heavy atom. The summed E-state index contributed by atoms with van der Waals surface area (Å²) in [7, 11) is 0. The third-order valence-electron chi connectivity index (χ3n) is 2.21. The van der Waals surface area contributed by atoms with Crippen molar-refractivity contribution in [2.24, 2.45) is 5.92 Å². The fourth-order valence-corrected chi connectivity index (χ4v) is 1.41. The highest BCUT2D eigenvalue weighted by Crippen LogP contribution is 2.17. The summed E-state index contributed by atoms with van der Waals surface area (Å²) in [6, 6.07) is 9.62. The van der Waals surface area contributed by atoms with Gasteiger partial charge in [-0.25, -0.2) is 10.4 Å². The van der Waals surface area contributed by atoms with E-state index in [0.29, 0.717) is 0 Å². The van der Waals surface area contributed by atoms with E-state index in [1.165, 1.54) is 0 Å². The van der Waals surface area contributed by atoms with Crippen LogP contribution in [0.3, 0.4) is 0 Å². The summed E-state index contributed by atoms with van der Waals surface area (Å²) in [6.07, 6.45) is 0. The lowest BCUT2D eigenvalue weighted by molar-refractivity contribution is -0.119. The maximum absolute atomic E-state index is 11.6. The number of anilines is 1. The van der Waals surface area contributed by atoms with Crippen LogP contribution in [0.2, 0.25) is 0 Å². The van der Waals surface area contributed by atoms with Gasteiger partial charge in [-0.3, -0.25) is 4.79 Å². The van der Waals surface area contributed by atoms with Gasteiger partial charge >= 0.3 is 0 Å². The molecule has 1 atom stereocenters. The molecule has 1 fully saturated rings. The van der Waals surface area contributed by atoms with E-state index in [9.17, 15) is 4.79 Å². The largest absolute Gasteiger partial charge is 0.273 e. The smallest absolute Gasteiger partial charge is 0.245 e. The molecule has 3 nitrogen and oxygen atoms in total. The van der Waals surface area contributed by atoms with Crippen molar-refractivity contribution in [1.82, 2.24) is 5.43 Å². The lowest BCUT2D eigenvalue weighted by Gasteiger charge is -2.15. The zero-order chi connectivity index (χ0) is 9.26. The van der Waals surface area contributed by atoms with E-state index in [1.54, 1.807) is 5.01 Å². The molecule has 1 aliphatic heterocycles. The first-order valence-corrected chi connectivity index (χ1v) is 4.41. The summed E-state index contributed by atoms with van der Waals surface area (Å²) in [5.41, 5.74) is 3.97. The quantitative estimate of drug-likeness (QED) is 0.696. The van der Waals surface area contributed by atoms with Crippen LogP contribution in [0.1, 0.15) is 6.92 Å². The van der Waals surface area contributed by atoms with Crippen LogP contribution >= 0.6 is 0 Å². The summed E-state index contributed by atoms with van der Waals surface area (Å²) in [6.45, 7) is 2.66. The molecule has 68 valence electrons. The molecular formula is C10H12N2O. The third-order valence-corrected chi connectivity index (χ3v) is 2.21. The number of hydrazine groups is 1. The second kappa shape index (κ2) is 3.18. The van der Waals surface area contributed by atoms with Crippen LogP contribution in [0.15, 0.2) is 30.3 Å². The number of amides is 1. The number of hydrogen-bond acceptors (Lipinski definition) is 2. The lowest BCUT2D eigenvalue weighted by atomic mass is 10.2. The SMILES string of the molecule is C[C@H]1CNN(c2ccccc2)C1=O. The second-order valence-electron chi connectivity index (χ2n) is 3.27. The predicted octanol–water partition coefficient (Wildman–Crippen LogP) is 1.17. The summed E-state index contributed by atoms with van der Waals surface area (Å²) < 4.78 is 0. The van der Waals surface area contributed by atoms with Crippen LogP contribution in [0.5, 0.6) is 0 Å². The molecule has 0 unspecified atom stereocenters. The molecule has 0 aromatic heterocycles. The average molecular weight is 176 g/mol. The number of carbonyl (C=O) groups is 1. The molecule has 1 saturated heterocycles. The highest BCUT2D eigenvalue weighted by Gasteiger charge is 2.28. The minimum atomic E-state index is 0.0835. The minimum Gasteiger partial charge on any atom is -0.273 e. The Balaban J connectivity index is 2.24. The number of benzene rings is 1. The van der Waals surface area contributed by atoms with Crippen LogP contribution in [-0.2, 0) is 4.79 Å². The maximum atomic E-state index is 11.6. The van der Waals surface area contributed by atoms with E-state index in [2.05, 4.69) is 5.43 Å². The Hall–Kier alpha value is -1.35. The van der Waals surface area contributed by atoms with Crippen molar-refractivity contribution in [3.05, 3.63) is 30.3 Å². The van der Waals surface area contributed by atoms with E-state index in [1.807, 2.05) is 37.3 Å². The van der Waals surface area contributed by atoms with Crippen molar-refractivity contribution in [2.45, 2.75) is 6.92 Å². The van der Waals surface area contributed by atoms with Gasteiger partial charge in [0.25, 0.3) is 0 Å². The molecule has 1 N–H and O–H groups in total. The summed E-state index contributed by atoms with van der Waals surface area (Å²) >= 11 is 0. The maximum Gasteiger partial charge on any atom is 0.245 e. The number of para-hydroxylation sites is 1. The Morgan fingerprint density at radius 3 is 2.62 bits per heavy atom. The second-order valence-corrected chi connectivity index (χ2v) is 3.27. The first-order chi connectivity index (χ1) is 6.29. The molecule has 13 heavy (non-hydrogen) atoms. The van der Waals surface area contributed by atoms with E-state index < -0.39 is 0 Å². The summed E-state index contributed by atoms with van der Waals surface area (Å²) in [5.74, 6) is 0.228. The minimum absolute atomic E-state index is 0.0835. The number of nitrogens with zero attached hydrogens (tertiary/aromatic N) is 1. The van der Waals surface area contributed by atoms with Crippen LogP contribution < -0.4 is 10.4 Å². The normalized spacial score (nSPS) is 22.4. The monoisotopic (exact) mass is 176 g/mol. The summed E-state index contributed by atoms with van der Waals surface area (Å²) in [5, 5.41) is 1.62. The van der Waals surface area contributed by atoms with Crippen LogP contribution in [0, 0.1) is 5.92 Å². The van der Waals surface area contributed by atoms with Gasteiger partial charge in [-0.2, -0.15) is 0 Å². The van der Waals surface area contributed by atoms with E-state index in [-0.39, 0.29) is 11.8 Å². The molecule has 0 saturated carbocycles. The van der Waals surface area contributed by atoms with Gasteiger partial charge in [0.15, 0.2) is 0 Å². The number of carbonyl (C=O) groups excluding carboxylic acids is 1. The molecule has 1 amide bonds. The van der Waals surface area contributed by atoms with E-state index in [0.717, 1.165) is 12.2 Å². The zero-order valence-corrected chi connectivity index (χ0v) is 7.53. The summed E-state index contributed by atoms with van der Waals surface area (Å²) in [4.78, 5) is 11.6. The molecule has 0 radical (unpaired) electrons. The lowest BCUT2D eigenvalue weighted by Crippen LogP contribution is -2.34. The predicted molar refractivity (Wildman–Crippen MR) is 51.1 cm³/mol. The topological polar surface area (TPSA) is 32.3 Å². The molecule has 1 heterocycles. The van der Waals surface area contributed by atoms with Gasteiger partial charge in [-0.1, -0.05) is 25.1 Å². The van der Waals surface area contributed by atoms with Gasteiger partial charge in [-0.15, -0.1) is 0 Å². The van der Waals surface area contributed by atoms with Crippen molar-refractivity contribution < 1.29 is 4.79 Å². The Labute approximate surface area is 77.3 Å². The van der Waals surface area contributed by atoms with Gasteiger partial charge in [0.2, 0.25) is 5.91 Å². The van der Waals surface area contributed by atoms with Gasteiger partial charge in [0.1, 0.15) is 0 Å². The average Bonchev–Trinajstić information content (AvgIpc) is 2.49. The molecule has 0 spiro atoms. The number of nitrogens with one attached hydrogen (secondary N) is 1. The van der Waals surface area contributed by atoms with Crippen LogP contribution in [0.25, 0.3) is 0 Å². The van der Waals surface area contributed by atoms with E-state index >= 15 is 0 Å². The Bertz CT molecular complexity index is 310. The molecule has 1 aliphatic rings. The zero-order valence-electron chi connectivity index (χ0n) is 7.53. The molecular weight excluding hydrogens is 164 g/mol. The molecule has 1 aromatic carbocycles.